The van der Waals surface area contributed by atoms with Crippen molar-refractivity contribution in [3.8, 4) is 0 Å². The van der Waals surface area contributed by atoms with Crippen LogP contribution >= 0.6 is 0 Å². The summed E-state index contributed by atoms with van der Waals surface area (Å²) in [6, 6.07) is 9.54. The summed E-state index contributed by atoms with van der Waals surface area (Å²) >= 11 is 0. The van der Waals surface area contributed by atoms with Crippen molar-refractivity contribution in [1.82, 2.24) is 4.57 Å². The molecule has 112 valence electrons. The number of pyridine rings is 1. The molecule has 0 aliphatic heterocycles. The van der Waals surface area contributed by atoms with E-state index in [1.54, 1.807) is 12.1 Å². The van der Waals surface area contributed by atoms with Gasteiger partial charge in [0.05, 0.1) is 0 Å². The van der Waals surface area contributed by atoms with Crippen LogP contribution in [-0.2, 0) is 12.7 Å². The van der Waals surface area contributed by atoms with Crippen LogP contribution in [0, 0.1) is 6.92 Å². The van der Waals surface area contributed by atoms with Gasteiger partial charge >= 0.3 is 6.18 Å². The second-order valence-corrected chi connectivity index (χ2v) is 4.87. The van der Waals surface area contributed by atoms with E-state index >= 15 is 0 Å². The molecule has 0 radical (unpaired) electrons. The van der Waals surface area contributed by atoms with Crippen molar-refractivity contribution in [2.45, 2.75) is 25.7 Å². The highest BCUT2D eigenvalue weighted by Gasteiger charge is 2.34. The Morgan fingerprint density at radius 2 is 1.76 bits per heavy atom. The zero-order chi connectivity index (χ0) is 15.6. The number of alkyl halides is 3. The monoisotopic (exact) mass is 296 g/mol. The van der Waals surface area contributed by atoms with Crippen molar-refractivity contribution in [2.24, 2.45) is 5.73 Å². The van der Waals surface area contributed by atoms with E-state index in [0.717, 1.165) is 23.8 Å². The van der Waals surface area contributed by atoms with Crippen LogP contribution in [0.15, 0.2) is 47.3 Å². The standard InChI is InChI=1S/C15H15F3N2O/c1-10-5-7-11(8-6-10)12(19)9-20-13(15(16,17)18)3-2-4-14(20)21/h2-8,12H,9,19H2,1H3. The number of rotatable bonds is 3. The first-order valence-electron chi connectivity index (χ1n) is 6.38. The van der Waals surface area contributed by atoms with E-state index in [4.69, 9.17) is 5.73 Å². The molecule has 2 aromatic rings. The quantitative estimate of drug-likeness (QED) is 0.946. The van der Waals surface area contributed by atoms with Gasteiger partial charge in [-0.05, 0) is 18.6 Å². The largest absolute Gasteiger partial charge is 0.431 e. The van der Waals surface area contributed by atoms with Gasteiger partial charge in [-0.15, -0.1) is 0 Å². The van der Waals surface area contributed by atoms with Crippen molar-refractivity contribution in [3.05, 3.63) is 69.6 Å². The third-order valence-electron chi connectivity index (χ3n) is 3.22. The van der Waals surface area contributed by atoms with Gasteiger partial charge in [0, 0.05) is 18.7 Å². The number of aryl methyl sites for hydroxylation is 1. The summed E-state index contributed by atoms with van der Waals surface area (Å²) in [5, 5.41) is 0. The fourth-order valence-corrected chi connectivity index (χ4v) is 2.07. The van der Waals surface area contributed by atoms with Gasteiger partial charge in [0.2, 0.25) is 0 Å². The molecule has 0 bridgehead atoms. The highest BCUT2D eigenvalue weighted by molar-refractivity contribution is 5.24. The average molecular weight is 296 g/mol. The maximum Gasteiger partial charge on any atom is 0.431 e. The molecule has 0 aliphatic rings. The van der Waals surface area contributed by atoms with Crippen LogP contribution < -0.4 is 11.3 Å². The molecule has 6 heteroatoms. The zero-order valence-electron chi connectivity index (χ0n) is 11.4. The van der Waals surface area contributed by atoms with Crippen molar-refractivity contribution >= 4 is 0 Å². The molecule has 0 amide bonds. The van der Waals surface area contributed by atoms with Crippen molar-refractivity contribution in [3.63, 3.8) is 0 Å². The predicted octanol–water partition coefficient (Wildman–Crippen LogP) is 2.88. The van der Waals surface area contributed by atoms with Crippen LogP contribution in [-0.4, -0.2) is 4.57 Å². The molecule has 0 saturated heterocycles. The third kappa shape index (κ3) is 3.52. The maximum atomic E-state index is 12.9. The second-order valence-electron chi connectivity index (χ2n) is 4.87. The summed E-state index contributed by atoms with van der Waals surface area (Å²) < 4.78 is 39.5. The second kappa shape index (κ2) is 5.73. The Balaban J connectivity index is 2.35. The molecule has 0 saturated carbocycles. The minimum absolute atomic E-state index is 0.225. The number of hydrogen-bond acceptors (Lipinski definition) is 2. The number of aromatic nitrogens is 1. The lowest BCUT2D eigenvalue weighted by Crippen LogP contribution is -2.31. The normalized spacial score (nSPS) is 13.2. The number of hydrogen-bond donors (Lipinski definition) is 1. The molecule has 1 heterocycles. The van der Waals surface area contributed by atoms with E-state index in [1.165, 1.54) is 0 Å². The third-order valence-corrected chi connectivity index (χ3v) is 3.22. The van der Waals surface area contributed by atoms with Crippen LogP contribution in [0.5, 0.6) is 0 Å². The number of nitrogens with zero attached hydrogens (tertiary/aromatic N) is 1. The SMILES string of the molecule is Cc1ccc(C(N)Cn2c(C(F)(F)F)cccc2=O)cc1. The topological polar surface area (TPSA) is 48.0 Å². The Kier molecular flexibility index (Phi) is 4.18. The fourth-order valence-electron chi connectivity index (χ4n) is 2.07. The van der Waals surface area contributed by atoms with Gasteiger partial charge in [-0.3, -0.25) is 4.79 Å². The zero-order valence-corrected chi connectivity index (χ0v) is 11.4. The highest BCUT2D eigenvalue weighted by atomic mass is 19.4. The van der Waals surface area contributed by atoms with Gasteiger partial charge in [-0.25, -0.2) is 0 Å². The molecule has 1 unspecified atom stereocenters. The van der Waals surface area contributed by atoms with Gasteiger partial charge in [0.15, 0.2) is 0 Å². The van der Waals surface area contributed by atoms with E-state index < -0.39 is 23.5 Å². The molecule has 21 heavy (non-hydrogen) atoms. The van der Waals surface area contributed by atoms with E-state index in [-0.39, 0.29) is 6.54 Å². The van der Waals surface area contributed by atoms with Crippen LogP contribution in [0.3, 0.4) is 0 Å². The van der Waals surface area contributed by atoms with Crippen LogP contribution in [0.2, 0.25) is 0 Å². The van der Waals surface area contributed by atoms with E-state index in [2.05, 4.69) is 0 Å². The summed E-state index contributed by atoms with van der Waals surface area (Å²) in [7, 11) is 0. The fraction of sp³-hybridized carbons (Fsp3) is 0.267. The molecular weight excluding hydrogens is 281 g/mol. The van der Waals surface area contributed by atoms with Gasteiger partial charge in [0.25, 0.3) is 5.56 Å². The lowest BCUT2D eigenvalue weighted by atomic mass is 10.1. The van der Waals surface area contributed by atoms with Crippen LogP contribution in [0.1, 0.15) is 22.9 Å². The molecule has 2 rings (SSSR count). The molecular formula is C15H15F3N2O. The van der Waals surface area contributed by atoms with Crippen LogP contribution in [0.4, 0.5) is 13.2 Å². The Morgan fingerprint density at radius 1 is 1.14 bits per heavy atom. The lowest BCUT2D eigenvalue weighted by Gasteiger charge is -2.19. The molecule has 1 atom stereocenters. The molecule has 1 aromatic carbocycles. The molecule has 2 N–H and O–H groups in total. The first kappa shape index (κ1) is 15.3. The molecule has 0 spiro atoms. The summed E-state index contributed by atoms with van der Waals surface area (Å²) in [4.78, 5) is 11.7. The van der Waals surface area contributed by atoms with E-state index in [0.29, 0.717) is 10.1 Å². The Hall–Kier alpha value is -2.08. The first-order chi connectivity index (χ1) is 9.79. The Labute approximate surface area is 119 Å². The summed E-state index contributed by atoms with van der Waals surface area (Å²) in [6.07, 6.45) is -4.59. The van der Waals surface area contributed by atoms with E-state index in [1.807, 2.05) is 19.1 Å². The predicted molar refractivity (Wildman–Crippen MR) is 73.8 cm³/mol. The van der Waals surface area contributed by atoms with Crippen LogP contribution in [0.25, 0.3) is 0 Å². The summed E-state index contributed by atoms with van der Waals surface area (Å²) in [5.74, 6) is 0. The first-order valence-corrected chi connectivity index (χ1v) is 6.38. The highest BCUT2D eigenvalue weighted by Crippen LogP contribution is 2.28. The Morgan fingerprint density at radius 3 is 2.33 bits per heavy atom. The van der Waals surface area contributed by atoms with Crippen molar-refractivity contribution in [1.29, 1.82) is 0 Å². The lowest BCUT2D eigenvalue weighted by molar-refractivity contribution is -0.144. The number of benzene rings is 1. The summed E-state index contributed by atoms with van der Waals surface area (Å²) in [6.45, 7) is 1.68. The van der Waals surface area contributed by atoms with Gasteiger partial charge < -0.3 is 10.3 Å². The maximum absolute atomic E-state index is 12.9. The molecule has 3 nitrogen and oxygen atoms in total. The number of halogens is 3. The summed E-state index contributed by atoms with van der Waals surface area (Å²) in [5.41, 5.74) is 5.94. The van der Waals surface area contributed by atoms with Gasteiger partial charge in [0.1, 0.15) is 5.69 Å². The van der Waals surface area contributed by atoms with Gasteiger partial charge in [-0.1, -0.05) is 35.9 Å². The van der Waals surface area contributed by atoms with E-state index in [9.17, 15) is 18.0 Å². The smallest absolute Gasteiger partial charge is 0.322 e. The Bertz CT molecular complexity index is 675. The average Bonchev–Trinajstić information content (AvgIpc) is 2.40. The molecule has 1 aromatic heterocycles. The molecule has 0 aliphatic carbocycles. The minimum atomic E-state index is -4.59. The van der Waals surface area contributed by atoms with Gasteiger partial charge in [-0.2, -0.15) is 13.2 Å². The molecule has 0 fully saturated rings. The van der Waals surface area contributed by atoms with Crippen molar-refractivity contribution in [2.75, 3.05) is 0 Å². The van der Waals surface area contributed by atoms with Crippen molar-refractivity contribution < 1.29 is 13.2 Å². The minimum Gasteiger partial charge on any atom is -0.322 e. The number of nitrogens with two attached hydrogens (primary N) is 1.